The van der Waals surface area contributed by atoms with Crippen LogP contribution in [0.25, 0.3) is 0 Å². The molecule has 0 fully saturated rings. The second-order valence-corrected chi connectivity index (χ2v) is 4.09. The molecule has 6 heteroatoms. The monoisotopic (exact) mass is 254 g/mol. The Balaban J connectivity index is 3.46. The lowest BCUT2D eigenvalue weighted by atomic mass is 9.82. The first-order chi connectivity index (χ1) is 7.77. The van der Waals surface area contributed by atoms with E-state index in [1.165, 1.54) is 13.8 Å². The highest BCUT2D eigenvalue weighted by Crippen LogP contribution is 2.28. The summed E-state index contributed by atoms with van der Waals surface area (Å²) in [6.45, 7) is 2.61. The molecule has 0 saturated carbocycles. The molecule has 0 saturated heterocycles. The number of ketones is 1. The van der Waals surface area contributed by atoms with Gasteiger partial charge in [0.2, 0.25) is 0 Å². The highest BCUT2D eigenvalue weighted by Gasteiger charge is 2.35. The summed E-state index contributed by atoms with van der Waals surface area (Å²) < 4.78 is 0. The lowest BCUT2D eigenvalue weighted by Gasteiger charge is -2.22. The molecule has 90 valence electrons. The van der Waals surface area contributed by atoms with Crippen LogP contribution in [0.1, 0.15) is 13.8 Å². The molecule has 0 aromatic carbocycles. The van der Waals surface area contributed by atoms with Crippen molar-refractivity contribution in [2.75, 3.05) is 0 Å². The minimum atomic E-state index is -1.27. The fourth-order valence-electron chi connectivity index (χ4n) is 1.64. The maximum Gasteiger partial charge on any atom is 0.335 e. The molecule has 1 unspecified atom stereocenters. The van der Waals surface area contributed by atoms with Gasteiger partial charge in [0.25, 0.3) is 0 Å². The van der Waals surface area contributed by atoms with Crippen molar-refractivity contribution in [1.29, 1.82) is 0 Å². The molecule has 0 amide bonds. The first-order valence-corrected chi connectivity index (χ1v) is 5.12. The van der Waals surface area contributed by atoms with Gasteiger partial charge in [-0.05, 0) is 25.5 Å². The Labute approximate surface area is 102 Å². The van der Waals surface area contributed by atoms with Crippen LogP contribution in [0.5, 0.6) is 0 Å². The van der Waals surface area contributed by atoms with Gasteiger partial charge in [-0.15, -0.1) is 0 Å². The van der Waals surface area contributed by atoms with E-state index in [1.807, 2.05) is 0 Å². The Morgan fingerprint density at radius 2 is 1.82 bits per heavy atom. The van der Waals surface area contributed by atoms with Gasteiger partial charge in [0.05, 0.1) is 5.57 Å². The van der Waals surface area contributed by atoms with E-state index in [4.69, 9.17) is 22.4 Å². The van der Waals surface area contributed by atoms with Gasteiger partial charge in [0, 0.05) is 10.4 Å². The van der Waals surface area contributed by atoms with E-state index < -0.39 is 23.6 Å². The second kappa shape index (κ2) is 4.58. The number of rotatable bonds is 3. The minimum Gasteiger partial charge on any atom is -0.481 e. The SMILES string of the molecule is CC(=O)C1=CC(C(=O)O)=C(C)C(C(=O)O)C1=S. The van der Waals surface area contributed by atoms with Crippen LogP contribution < -0.4 is 0 Å². The molecule has 1 aliphatic rings. The first-order valence-electron chi connectivity index (χ1n) is 4.71. The summed E-state index contributed by atoms with van der Waals surface area (Å²) in [5.41, 5.74) is -0.0633. The van der Waals surface area contributed by atoms with Crippen LogP contribution in [0.4, 0.5) is 0 Å². The fraction of sp³-hybridized carbons (Fsp3) is 0.273. The molecule has 0 radical (unpaired) electrons. The van der Waals surface area contributed by atoms with Gasteiger partial charge >= 0.3 is 11.9 Å². The van der Waals surface area contributed by atoms with Crippen LogP contribution >= 0.6 is 12.2 Å². The van der Waals surface area contributed by atoms with Crippen molar-refractivity contribution >= 4 is 34.8 Å². The Morgan fingerprint density at radius 3 is 2.18 bits per heavy atom. The number of thiocarbonyl (C=S) groups is 1. The van der Waals surface area contributed by atoms with Gasteiger partial charge in [0.15, 0.2) is 5.78 Å². The van der Waals surface area contributed by atoms with Crippen LogP contribution in [0.2, 0.25) is 0 Å². The van der Waals surface area contributed by atoms with E-state index in [2.05, 4.69) is 0 Å². The fourth-order valence-corrected chi connectivity index (χ4v) is 2.12. The molecule has 2 N–H and O–H groups in total. The summed E-state index contributed by atoms with van der Waals surface area (Å²) in [4.78, 5) is 33.3. The van der Waals surface area contributed by atoms with E-state index in [-0.39, 0.29) is 21.6 Å². The van der Waals surface area contributed by atoms with Gasteiger partial charge in [-0.3, -0.25) is 9.59 Å². The Bertz CT molecular complexity index is 498. The standard InChI is InChI=1S/C11H10O5S/c1-4-6(10(13)14)3-7(5(2)12)9(17)8(4)11(15)16/h3,8H,1-2H3,(H,13,14)(H,15,16). The van der Waals surface area contributed by atoms with Gasteiger partial charge in [-0.2, -0.15) is 0 Å². The maximum atomic E-state index is 11.3. The third-order valence-electron chi connectivity index (χ3n) is 2.53. The number of carbonyl (C=O) groups excluding carboxylic acids is 1. The van der Waals surface area contributed by atoms with E-state index >= 15 is 0 Å². The summed E-state index contributed by atoms with van der Waals surface area (Å²) >= 11 is 4.92. The van der Waals surface area contributed by atoms with Crippen molar-refractivity contribution in [2.45, 2.75) is 13.8 Å². The molecule has 1 aliphatic carbocycles. The molecule has 0 spiro atoms. The van der Waals surface area contributed by atoms with Crippen molar-refractivity contribution in [2.24, 2.45) is 5.92 Å². The predicted molar refractivity (Wildman–Crippen MR) is 62.8 cm³/mol. The second-order valence-electron chi connectivity index (χ2n) is 3.65. The Kier molecular flexibility index (Phi) is 3.57. The number of carboxylic acid groups (broad SMARTS) is 2. The molecule has 1 atom stereocenters. The van der Waals surface area contributed by atoms with Crippen molar-refractivity contribution in [1.82, 2.24) is 0 Å². The smallest absolute Gasteiger partial charge is 0.335 e. The van der Waals surface area contributed by atoms with Crippen LogP contribution in [-0.2, 0) is 14.4 Å². The zero-order valence-electron chi connectivity index (χ0n) is 9.18. The zero-order valence-corrected chi connectivity index (χ0v) is 10.00. The summed E-state index contributed by atoms with van der Waals surface area (Å²) in [5.74, 6) is -4.18. The molecule has 0 heterocycles. The molecule has 1 rings (SSSR count). The molecular weight excluding hydrogens is 244 g/mol. The molecular formula is C11H10O5S. The number of hydrogen-bond donors (Lipinski definition) is 2. The van der Waals surface area contributed by atoms with Crippen LogP contribution in [0.3, 0.4) is 0 Å². The summed E-state index contributed by atoms with van der Waals surface area (Å²) in [6, 6.07) is 0. The number of Topliss-reactive ketones (excluding diaryl/α,β-unsaturated/α-hetero) is 1. The van der Waals surface area contributed by atoms with Crippen LogP contribution in [-0.4, -0.2) is 32.8 Å². The van der Waals surface area contributed by atoms with Gasteiger partial charge in [0.1, 0.15) is 5.92 Å². The molecule has 0 aromatic rings. The summed E-state index contributed by atoms with van der Waals surface area (Å²) in [7, 11) is 0. The molecule has 0 aliphatic heterocycles. The third-order valence-corrected chi connectivity index (χ3v) is 2.99. The number of carboxylic acids is 2. The largest absolute Gasteiger partial charge is 0.481 e. The van der Waals surface area contributed by atoms with E-state index in [9.17, 15) is 14.4 Å². The number of allylic oxidation sites excluding steroid dienone is 1. The maximum absolute atomic E-state index is 11.3. The number of aliphatic carboxylic acids is 2. The van der Waals surface area contributed by atoms with Crippen LogP contribution in [0, 0.1) is 5.92 Å². The number of hydrogen-bond acceptors (Lipinski definition) is 4. The van der Waals surface area contributed by atoms with Crippen LogP contribution in [0.15, 0.2) is 22.8 Å². The minimum absolute atomic E-state index is 0.0181. The summed E-state index contributed by atoms with van der Waals surface area (Å²) in [5, 5.41) is 18.0. The third kappa shape index (κ3) is 2.31. The van der Waals surface area contributed by atoms with Crippen molar-refractivity contribution in [3.05, 3.63) is 22.8 Å². The van der Waals surface area contributed by atoms with Gasteiger partial charge in [-0.25, -0.2) is 4.79 Å². The Morgan fingerprint density at radius 1 is 1.29 bits per heavy atom. The summed E-state index contributed by atoms with van der Waals surface area (Å²) in [6.07, 6.45) is 1.14. The molecule has 17 heavy (non-hydrogen) atoms. The quantitative estimate of drug-likeness (QED) is 0.730. The van der Waals surface area contributed by atoms with Crippen molar-refractivity contribution < 1.29 is 24.6 Å². The van der Waals surface area contributed by atoms with Gasteiger partial charge in [-0.1, -0.05) is 12.2 Å². The van der Waals surface area contributed by atoms with Gasteiger partial charge < -0.3 is 10.2 Å². The average Bonchev–Trinajstić information content (AvgIpc) is 2.15. The lowest BCUT2D eigenvalue weighted by molar-refractivity contribution is -0.138. The highest BCUT2D eigenvalue weighted by molar-refractivity contribution is 7.81. The topological polar surface area (TPSA) is 91.7 Å². The average molecular weight is 254 g/mol. The van der Waals surface area contributed by atoms with Crippen molar-refractivity contribution in [3.63, 3.8) is 0 Å². The van der Waals surface area contributed by atoms with E-state index in [0.717, 1.165) is 6.08 Å². The first kappa shape index (κ1) is 13.2. The Hall–Kier alpha value is -1.82. The normalized spacial score (nSPS) is 20.0. The predicted octanol–water partition coefficient (Wildman–Crippen LogP) is 0.987. The molecule has 0 aromatic heterocycles. The zero-order chi connectivity index (χ0) is 13.3. The highest BCUT2D eigenvalue weighted by atomic mass is 32.1. The van der Waals surface area contributed by atoms with E-state index in [0.29, 0.717) is 0 Å². The van der Waals surface area contributed by atoms with E-state index in [1.54, 1.807) is 0 Å². The van der Waals surface area contributed by atoms with Crippen molar-refractivity contribution in [3.8, 4) is 0 Å². The molecule has 0 bridgehead atoms. The molecule has 5 nitrogen and oxygen atoms in total. The lowest BCUT2D eigenvalue weighted by Crippen LogP contribution is -2.31. The number of carbonyl (C=O) groups is 3.